The monoisotopic (exact) mass is 262 g/mol. The average Bonchev–Trinajstić information content (AvgIpc) is 2.46. The molecular formula is C16H26N2O. The predicted octanol–water partition coefficient (Wildman–Crippen LogP) is 3.54. The van der Waals surface area contributed by atoms with Crippen molar-refractivity contribution in [3.8, 4) is 0 Å². The van der Waals surface area contributed by atoms with E-state index in [1.54, 1.807) is 6.92 Å². The molecule has 3 heteroatoms. The third-order valence-electron chi connectivity index (χ3n) is 4.55. The summed E-state index contributed by atoms with van der Waals surface area (Å²) >= 11 is 0. The van der Waals surface area contributed by atoms with Crippen molar-refractivity contribution in [2.75, 3.05) is 11.9 Å². The second-order valence-corrected chi connectivity index (χ2v) is 5.81. The van der Waals surface area contributed by atoms with Gasteiger partial charge in [0, 0.05) is 13.1 Å². The Balaban J connectivity index is 1.97. The van der Waals surface area contributed by atoms with Gasteiger partial charge in [0.15, 0.2) is 0 Å². The fourth-order valence-corrected chi connectivity index (χ4v) is 3.00. The normalized spacial score (nSPS) is 25.1. The highest BCUT2D eigenvalue weighted by Gasteiger charge is 2.23. The maximum Gasteiger partial charge on any atom is 0.0931 e. The van der Waals surface area contributed by atoms with Crippen molar-refractivity contribution in [1.29, 1.82) is 0 Å². The molecule has 0 aromatic carbocycles. The molecule has 1 aromatic rings. The molecule has 1 aromatic heterocycles. The first kappa shape index (κ1) is 14.3. The Hall–Kier alpha value is -1.09. The fourth-order valence-electron chi connectivity index (χ4n) is 3.00. The van der Waals surface area contributed by atoms with Crippen LogP contribution in [0.5, 0.6) is 0 Å². The van der Waals surface area contributed by atoms with Gasteiger partial charge in [0.1, 0.15) is 0 Å². The molecule has 1 aliphatic rings. The highest BCUT2D eigenvalue weighted by atomic mass is 16.3. The van der Waals surface area contributed by atoms with Crippen LogP contribution in [0.15, 0.2) is 18.3 Å². The summed E-state index contributed by atoms with van der Waals surface area (Å²) in [6, 6.07) is 4.64. The molecule has 1 atom stereocenters. The number of aliphatic hydroxyl groups is 1. The molecule has 0 radical (unpaired) electrons. The van der Waals surface area contributed by atoms with E-state index in [9.17, 15) is 5.11 Å². The molecule has 106 valence electrons. The van der Waals surface area contributed by atoms with Gasteiger partial charge >= 0.3 is 0 Å². The van der Waals surface area contributed by atoms with Crippen molar-refractivity contribution in [2.45, 2.75) is 58.1 Å². The van der Waals surface area contributed by atoms with Gasteiger partial charge in [0.25, 0.3) is 0 Å². The van der Waals surface area contributed by atoms with Crippen LogP contribution in [-0.2, 0) is 0 Å². The van der Waals surface area contributed by atoms with Crippen molar-refractivity contribution in [2.24, 2.45) is 5.92 Å². The average molecular weight is 262 g/mol. The van der Waals surface area contributed by atoms with E-state index in [4.69, 9.17) is 0 Å². The van der Waals surface area contributed by atoms with Gasteiger partial charge in [-0.2, -0.15) is 0 Å². The first-order chi connectivity index (χ1) is 9.11. The second kappa shape index (κ2) is 6.38. The van der Waals surface area contributed by atoms with E-state index in [2.05, 4.69) is 29.9 Å². The Morgan fingerprint density at radius 2 is 2.00 bits per heavy atom. The summed E-state index contributed by atoms with van der Waals surface area (Å²) in [4.78, 5) is 6.69. The quantitative estimate of drug-likeness (QED) is 0.901. The van der Waals surface area contributed by atoms with Crippen LogP contribution < -0.4 is 4.90 Å². The van der Waals surface area contributed by atoms with Crippen molar-refractivity contribution >= 4 is 5.69 Å². The topological polar surface area (TPSA) is 36.4 Å². The largest absolute Gasteiger partial charge is 0.387 e. The van der Waals surface area contributed by atoms with Crippen LogP contribution >= 0.6 is 0 Å². The zero-order valence-corrected chi connectivity index (χ0v) is 12.3. The summed E-state index contributed by atoms with van der Waals surface area (Å²) in [5, 5.41) is 9.48. The first-order valence-electron chi connectivity index (χ1n) is 7.48. The molecule has 0 bridgehead atoms. The molecule has 1 saturated carbocycles. The summed E-state index contributed by atoms with van der Waals surface area (Å²) in [5.74, 6) is 0.931. The Bertz CT molecular complexity index is 380. The molecule has 0 amide bonds. The van der Waals surface area contributed by atoms with Crippen molar-refractivity contribution in [3.05, 3.63) is 24.0 Å². The summed E-state index contributed by atoms with van der Waals surface area (Å²) in [5.41, 5.74) is 1.90. The minimum Gasteiger partial charge on any atom is -0.387 e. The molecule has 0 spiro atoms. The molecule has 2 rings (SSSR count). The van der Waals surface area contributed by atoms with Crippen LogP contribution in [0.3, 0.4) is 0 Å². The third kappa shape index (κ3) is 3.47. The summed E-state index contributed by atoms with van der Waals surface area (Å²) in [6.45, 7) is 4.05. The standard InChI is InChI=1S/C16H26N2O/c1-4-13-5-7-14(8-6-13)18(3)15-9-10-16(12(2)19)17-11-15/h9-14,19H,4-8H2,1-3H3/t12-,13?,14?/m1/s1. The molecule has 1 heterocycles. The zero-order valence-electron chi connectivity index (χ0n) is 12.3. The lowest BCUT2D eigenvalue weighted by Gasteiger charge is -2.35. The molecule has 0 saturated heterocycles. The minimum atomic E-state index is -0.487. The Morgan fingerprint density at radius 1 is 1.32 bits per heavy atom. The van der Waals surface area contributed by atoms with Gasteiger partial charge in [-0.15, -0.1) is 0 Å². The summed E-state index contributed by atoms with van der Waals surface area (Å²) < 4.78 is 0. The number of hydrogen-bond acceptors (Lipinski definition) is 3. The van der Waals surface area contributed by atoms with Crippen molar-refractivity contribution < 1.29 is 5.11 Å². The predicted molar refractivity (Wildman–Crippen MR) is 79.3 cm³/mol. The third-order valence-corrected chi connectivity index (χ3v) is 4.55. The fraction of sp³-hybridized carbons (Fsp3) is 0.688. The van der Waals surface area contributed by atoms with E-state index in [0.717, 1.165) is 17.3 Å². The minimum absolute atomic E-state index is 0.487. The van der Waals surface area contributed by atoms with Crippen LogP contribution in [0.25, 0.3) is 0 Å². The number of rotatable bonds is 4. The lowest BCUT2D eigenvalue weighted by atomic mass is 9.84. The first-order valence-corrected chi connectivity index (χ1v) is 7.48. The number of hydrogen-bond donors (Lipinski definition) is 1. The highest BCUT2D eigenvalue weighted by molar-refractivity contribution is 5.45. The Morgan fingerprint density at radius 3 is 2.47 bits per heavy atom. The SMILES string of the molecule is CCC1CCC(N(C)c2ccc([C@@H](C)O)nc2)CC1. The number of aliphatic hydroxyl groups excluding tert-OH is 1. The highest BCUT2D eigenvalue weighted by Crippen LogP contribution is 2.31. The van der Waals surface area contributed by atoms with Gasteiger partial charge in [-0.1, -0.05) is 13.3 Å². The summed E-state index contributed by atoms with van der Waals surface area (Å²) in [7, 11) is 2.16. The second-order valence-electron chi connectivity index (χ2n) is 5.81. The number of nitrogens with zero attached hydrogens (tertiary/aromatic N) is 2. The number of aromatic nitrogens is 1. The molecule has 1 N–H and O–H groups in total. The Labute approximate surface area is 116 Å². The van der Waals surface area contributed by atoms with Crippen LogP contribution in [0.4, 0.5) is 5.69 Å². The van der Waals surface area contributed by atoms with Crippen LogP contribution in [0, 0.1) is 5.92 Å². The zero-order chi connectivity index (χ0) is 13.8. The van der Waals surface area contributed by atoms with Crippen molar-refractivity contribution in [1.82, 2.24) is 4.98 Å². The smallest absolute Gasteiger partial charge is 0.0931 e. The molecule has 0 aliphatic heterocycles. The van der Waals surface area contributed by atoms with E-state index >= 15 is 0 Å². The molecule has 3 nitrogen and oxygen atoms in total. The Kier molecular flexibility index (Phi) is 4.81. The van der Waals surface area contributed by atoms with E-state index in [1.807, 2.05) is 12.3 Å². The molecule has 0 unspecified atom stereocenters. The van der Waals surface area contributed by atoms with E-state index in [1.165, 1.54) is 32.1 Å². The summed E-state index contributed by atoms with van der Waals surface area (Å²) in [6.07, 6.45) is 7.99. The van der Waals surface area contributed by atoms with Crippen LogP contribution in [-0.4, -0.2) is 23.2 Å². The lowest BCUT2D eigenvalue weighted by molar-refractivity contribution is 0.194. The molecular weight excluding hydrogens is 236 g/mol. The van der Waals surface area contributed by atoms with Gasteiger partial charge < -0.3 is 10.0 Å². The number of pyridine rings is 1. The van der Waals surface area contributed by atoms with E-state index < -0.39 is 6.10 Å². The van der Waals surface area contributed by atoms with Crippen LogP contribution in [0.2, 0.25) is 0 Å². The van der Waals surface area contributed by atoms with Gasteiger partial charge in [-0.05, 0) is 50.7 Å². The van der Waals surface area contributed by atoms with Crippen LogP contribution in [0.1, 0.15) is 57.7 Å². The molecule has 1 fully saturated rings. The van der Waals surface area contributed by atoms with Gasteiger partial charge in [-0.25, -0.2) is 0 Å². The van der Waals surface area contributed by atoms with Gasteiger partial charge in [0.2, 0.25) is 0 Å². The van der Waals surface area contributed by atoms with Crippen molar-refractivity contribution in [3.63, 3.8) is 0 Å². The lowest BCUT2D eigenvalue weighted by Crippen LogP contribution is -2.35. The van der Waals surface area contributed by atoms with E-state index in [0.29, 0.717) is 6.04 Å². The van der Waals surface area contributed by atoms with Gasteiger partial charge in [-0.3, -0.25) is 4.98 Å². The maximum absolute atomic E-state index is 9.48. The van der Waals surface area contributed by atoms with Gasteiger partial charge in [0.05, 0.1) is 23.7 Å². The maximum atomic E-state index is 9.48. The van der Waals surface area contributed by atoms with E-state index in [-0.39, 0.29) is 0 Å². The molecule has 19 heavy (non-hydrogen) atoms. The number of anilines is 1. The molecule has 1 aliphatic carbocycles.